The first-order valence-corrected chi connectivity index (χ1v) is 19.0. The summed E-state index contributed by atoms with van der Waals surface area (Å²) in [6, 6.07) is 5.59. The van der Waals surface area contributed by atoms with Crippen LogP contribution < -0.4 is 10.6 Å². The minimum absolute atomic E-state index is 0.0661. The minimum atomic E-state index is -1.08. The summed E-state index contributed by atoms with van der Waals surface area (Å²) in [6.45, 7) is 7.92. The zero-order chi connectivity index (χ0) is 36.7. The number of rotatable bonds is 13. The number of nitrogens with zero attached hydrogens (tertiary/aromatic N) is 2. The maximum Gasteiger partial charge on any atom is 0.408 e. The molecule has 2 saturated carbocycles. The number of carbonyl (C=O) groups excluding carboxylic acids is 6. The van der Waals surface area contributed by atoms with Crippen molar-refractivity contribution in [2.24, 2.45) is 17.8 Å². The predicted molar refractivity (Wildman–Crippen MR) is 189 cm³/mol. The average molecular weight is 709 g/mol. The molecule has 0 radical (unpaired) electrons. The molecule has 280 valence electrons. The Balaban J connectivity index is 1.29. The molecular weight excluding hydrogens is 652 g/mol. The monoisotopic (exact) mass is 708 g/mol. The van der Waals surface area contributed by atoms with E-state index in [0.29, 0.717) is 32.2 Å². The molecule has 1 aromatic carbocycles. The highest BCUT2D eigenvalue weighted by atomic mass is 16.6. The van der Waals surface area contributed by atoms with Gasteiger partial charge in [-0.1, -0.05) is 82.2 Å². The van der Waals surface area contributed by atoms with Crippen LogP contribution in [0, 0.1) is 17.8 Å². The van der Waals surface area contributed by atoms with Gasteiger partial charge in [-0.25, -0.2) is 9.59 Å². The summed E-state index contributed by atoms with van der Waals surface area (Å²) in [7, 11) is 0. The summed E-state index contributed by atoms with van der Waals surface area (Å²) in [6.07, 6.45) is 8.63. The summed E-state index contributed by atoms with van der Waals surface area (Å²) in [5.74, 6) is -2.98. The highest BCUT2D eigenvalue weighted by molar-refractivity contribution is 6.39. The van der Waals surface area contributed by atoms with Crippen molar-refractivity contribution in [3.63, 3.8) is 0 Å². The summed E-state index contributed by atoms with van der Waals surface area (Å²) in [5, 5.41) is 5.77. The summed E-state index contributed by atoms with van der Waals surface area (Å²) in [5.41, 5.74) is 0.0730. The number of hydrogen-bond donors (Lipinski definition) is 2. The van der Waals surface area contributed by atoms with Crippen LogP contribution in [0.4, 0.5) is 4.79 Å². The molecule has 5 atom stereocenters. The SMILES string of the molecule is CCC1CCN(C(=O)[C@@H](NC(=O)OC(C)(C)C)C2CCCCC2)C1C(=O)NC(CC1CCC1)C(=O)C(=O)N1CCC1C(=O)OCc1ccccc1. The first kappa shape index (κ1) is 38.3. The van der Waals surface area contributed by atoms with Crippen molar-refractivity contribution in [1.29, 1.82) is 0 Å². The van der Waals surface area contributed by atoms with Gasteiger partial charge in [0.05, 0.1) is 6.04 Å². The van der Waals surface area contributed by atoms with Crippen molar-refractivity contribution in [2.45, 2.75) is 141 Å². The lowest BCUT2D eigenvalue weighted by atomic mass is 9.79. The van der Waals surface area contributed by atoms with E-state index in [1.807, 2.05) is 37.3 Å². The van der Waals surface area contributed by atoms with Gasteiger partial charge in [0.25, 0.3) is 5.91 Å². The lowest BCUT2D eigenvalue weighted by molar-refractivity contribution is -0.165. The van der Waals surface area contributed by atoms with Crippen LogP contribution in [0.5, 0.6) is 0 Å². The van der Waals surface area contributed by atoms with Gasteiger partial charge < -0.3 is 29.9 Å². The topological polar surface area (TPSA) is 151 Å². The first-order chi connectivity index (χ1) is 24.4. The van der Waals surface area contributed by atoms with Crippen LogP contribution in [0.1, 0.15) is 110 Å². The Hall–Kier alpha value is -3.96. The summed E-state index contributed by atoms with van der Waals surface area (Å²) in [4.78, 5) is 84.7. The van der Waals surface area contributed by atoms with E-state index in [9.17, 15) is 28.8 Å². The van der Waals surface area contributed by atoms with Crippen LogP contribution in [0.2, 0.25) is 0 Å². The van der Waals surface area contributed by atoms with E-state index >= 15 is 0 Å². The fraction of sp³-hybridized carbons (Fsp3) is 0.692. The number of hydrogen-bond acceptors (Lipinski definition) is 8. The smallest absolute Gasteiger partial charge is 0.408 e. The van der Waals surface area contributed by atoms with Crippen molar-refractivity contribution >= 4 is 35.6 Å². The lowest BCUT2D eigenvalue weighted by Crippen LogP contribution is -2.62. The Bertz CT molecular complexity index is 1420. The summed E-state index contributed by atoms with van der Waals surface area (Å²) >= 11 is 0. The zero-order valence-electron chi connectivity index (χ0n) is 30.7. The Morgan fingerprint density at radius 1 is 0.843 bits per heavy atom. The van der Waals surface area contributed by atoms with Gasteiger partial charge in [0.15, 0.2) is 0 Å². The third-order valence-electron chi connectivity index (χ3n) is 11.1. The van der Waals surface area contributed by atoms with Crippen molar-refractivity contribution in [3.8, 4) is 0 Å². The van der Waals surface area contributed by atoms with Crippen LogP contribution in [-0.2, 0) is 40.1 Å². The van der Waals surface area contributed by atoms with Gasteiger partial charge >= 0.3 is 12.1 Å². The molecule has 2 aliphatic carbocycles. The van der Waals surface area contributed by atoms with Crippen molar-refractivity contribution < 1.29 is 38.2 Å². The van der Waals surface area contributed by atoms with Gasteiger partial charge in [-0.15, -0.1) is 0 Å². The predicted octanol–water partition coefficient (Wildman–Crippen LogP) is 4.68. The number of likely N-dealkylation sites (tertiary alicyclic amines) is 2. The number of nitrogens with one attached hydrogen (secondary N) is 2. The number of amides is 4. The van der Waals surface area contributed by atoms with Crippen molar-refractivity contribution in [3.05, 3.63) is 35.9 Å². The average Bonchev–Trinajstić information content (AvgIpc) is 3.51. The number of alkyl carbamates (subject to hydrolysis) is 1. The van der Waals surface area contributed by atoms with E-state index < -0.39 is 59.4 Å². The molecule has 5 rings (SSSR count). The molecule has 12 nitrogen and oxygen atoms in total. The molecule has 4 fully saturated rings. The second-order valence-electron chi connectivity index (χ2n) is 15.8. The van der Waals surface area contributed by atoms with E-state index in [4.69, 9.17) is 9.47 Å². The highest BCUT2D eigenvalue weighted by Gasteiger charge is 2.48. The van der Waals surface area contributed by atoms with E-state index in [1.54, 1.807) is 25.7 Å². The van der Waals surface area contributed by atoms with Crippen molar-refractivity contribution in [2.75, 3.05) is 13.1 Å². The van der Waals surface area contributed by atoms with Crippen LogP contribution in [0.15, 0.2) is 30.3 Å². The highest BCUT2D eigenvalue weighted by Crippen LogP contribution is 2.34. The van der Waals surface area contributed by atoms with Crippen LogP contribution in [0.25, 0.3) is 0 Å². The van der Waals surface area contributed by atoms with Gasteiger partial charge in [0, 0.05) is 13.1 Å². The Morgan fingerprint density at radius 2 is 1.53 bits per heavy atom. The van der Waals surface area contributed by atoms with E-state index in [-0.39, 0.29) is 36.8 Å². The minimum Gasteiger partial charge on any atom is -0.459 e. The van der Waals surface area contributed by atoms with E-state index in [1.165, 1.54) is 4.90 Å². The largest absolute Gasteiger partial charge is 0.459 e. The number of ether oxygens (including phenoxy) is 2. The second-order valence-corrected chi connectivity index (χ2v) is 15.8. The molecular formula is C39H56N4O8. The molecule has 2 aliphatic heterocycles. The third-order valence-corrected chi connectivity index (χ3v) is 11.1. The number of Topliss-reactive ketones (excluding diaryl/α,β-unsaturated/α-hetero) is 1. The first-order valence-electron chi connectivity index (χ1n) is 19.0. The fourth-order valence-electron chi connectivity index (χ4n) is 7.89. The van der Waals surface area contributed by atoms with Gasteiger partial charge in [-0.3, -0.25) is 19.2 Å². The molecule has 4 aliphatic rings. The van der Waals surface area contributed by atoms with E-state index in [0.717, 1.165) is 56.9 Å². The van der Waals surface area contributed by atoms with Crippen molar-refractivity contribution in [1.82, 2.24) is 20.4 Å². The maximum absolute atomic E-state index is 14.4. The fourth-order valence-corrected chi connectivity index (χ4v) is 7.89. The van der Waals surface area contributed by atoms with Gasteiger partial charge in [0.2, 0.25) is 17.6 Å². The molecule has 0 aromatic heterocycles. The standard InChI is InChI=1S/C39H56N4O8/c1-5-27-19-21-43(35(46)31(28-17-10-7-11-18-28)41-38(49)51-39(2,3)4)32(27)34(45)40-29(23-25-15-12-16-25)33(44)36(47)42-22-20-30(42)37(48)50-24-26-13-8-6-9-14-26/h6,8-9,13-14,25,27-32H,5,7,10-12,15-24H2,1-4H3,(H,40,45)(H,41,49)/t27?,29?,30?,31-,32?/m0/s1. The van der Waals surface area contributed by atoms with Gasteiger partial charge in [-0.05, 0) is 76.2 Å². The quantitative estimate of drug-likeness (QED) is 0.222. The molecule has 51 heavy (non-hydrogen) atoms. The molecule has 0 bridgehead atoms. The normalized spacial score (nSPS) is 23.6. The molecule has 4 amide bonds. The zero-order valence-corrected chi connectivity index (χ0v) is 30.7. The Labute approximate surface area is 301 Å². The number of ketones is 1. The molecule has 2 heterocycles. The van der Waals surface area contributed by atoms with Crippen LogP contribution in [0.3, 0.4) is 0 Å². The lowest BCUT2D eigenvalue weighted by Gasteiger charge is -2.39. The number of esters is 1. The van der Waals surface area contributed by atoms with Gasteiger partial charge in [0.1, 0.15) is 30.3 Å². The van der Waals surface area contributed by atoms with Gasteiger partial charge in [-0.2, -0.15) is 0 Å². The summed E-state index contributed by atoms with van der Waals surface area (Å²) < 4.78 is 11.0. The molecule has 1 aromatic rings. The molecule has 2 saturated heterocycles. The number of benzene rings is 1. The molecule has 2 N–H and O–H groups in total. The Kier molecular flexibility index (Phi) is 12.8. The van der Waals surface area contributed by atoms with Crippen LogP contribution in [-0.4, -0.2) is 88.2 Å². The van der Waals surface area contributed by atoms with Crippen LogP contribution >= 0.6 is 0 Å². The Morgan fingerprint density at radius 3 is 2.12 bits per heavy atom. The second kappa shape index (κ2) is 17.0. The molecule has 12 heteroatoms. The molecule has 0 spiro atoms. The number of carbonyl (C=O) groups is 6. The molecule has 4 unspecified atom stereocenters. The maximum atomic E-state index is 14.4. The third kappa shape index (κ3) is 9.68. The van der Waals surface area contributed by atoms with E-state index in [2.05, 4.69) is 10.6 Å².